The molecule has 0 aliphatic heterocycles. The molecule has 4 heteroatoms. The number of carbonyl (C=O) groups excluding carboxylic acids is 1. The van der Waals surface area contributed by atoms with Gasteiger partial charge in [0.05, 0.1) is 5.41 Å². The molecule has 1 amide bonds. The van der Waals surface area contributed by atoms with Crippen LogP contribution in [-0.4, -0.2) is 11.0 Å². The van der Waals surface area contributed by atoms with Gasteiger partial charge in [-0.25, -0.2) is 0 Å². The summed E-state index contributed by atoms with van der Waals surface area (Å²) < 4.78 is 0. The van der Waals surface area contributed by atoms with Crippen molar-refractivity contribution in [3.05, 3.63) is 30.3 Å². The maximum atomic E-state index is 13.0. The molecule has 0 radical (unpaired) electrons. The van der Waals surface area contributed by atoms with Crippen molar-refractivity contribution < 1.29 is 4.79 Å². The number of nitrogens with one attached hydrogen (secondary N) is 2. The van der Waals surface area contributed by atoms with Crippen molar-refractivity contribution in [1.82, 2.24) is 5.32 Å². The molecule has 4 aliphatic carbocycles. The zero-order valence-electron chi connectivity index (χ0n) is 13.4. The molecule has 122 valence electrons. The molecule has 4 fully saturated rings. The number of fused-ring (bicyclic) bond motifs is 1. The minimum atomic E-state index is -0.157. The van der Waals surface area contributed by atoms with Crippen LogP contribution in [0, 0.1) is 23.2 Å². The summed E-state index contributed by atoms with van der Waals surface area (Å²) >= 11 is 5.36. The van der Waals surface area contributed by atoms with E-state index in [1.165, 1.54) is 25.7 Å². The fourth-order valence-corrected chi connectivity index (χ4v) is 5.60. The molecule has 4 aliphatic rings. The van der Waals surface area contributed by atoms with Gasteiger partial charge in [-0.3, -0.25) is 4.79 Å². The normalized spacial score (nSPS) is 34.7. The highest BCUT2D eigenvalue weighted by molar-refractivity contribution is 7.80. The summed E-state index contributed by atoms with van der Waals surface area (Å²) in [6, 6.07) is 9.78. The van der Waals surface area contributed by atoms with Gasteiger partial charge in [-0.1, -0.05) is 31.0 Å². The van der Waals surface area contributed by atoms with Crippen molar-refractivity contribution in [3.8, 4) is 0 Å². The fourth-order valence-electron chi connectivity index (χ4n) is 5.39. The van der Waals surface area contributed by atoms with Crippen LogP contribution in [-0.2, 0) is 4.79 Å². The first-order chi connectivity index (χ1) is 11.1. The Morgan fingerprint density at radius 3 is 2.26 bits per heavy atom. The Hall–Kier alpha value is -1.42. The largest absolute Gasteiger partial charge is 0.332 e. The van der Waals surface area contributed by atoms with Crippen molar-refractivity contribution in [2.24, 2.45) is 23.2 Å². The molecular weight excluding hydrogens is 304 g/mol. The van der Waals surface area contributed by atoms with Gasteiger partial charge in [0.1, 0.15) is 0 Å². The quantitative estimate of drug-likeness (QED) is 0.803. The Kier molecular flexibility index (Phi) is 3.88. The number of para-hydroxylation sites is 1. The lowest BCUT2D eigenvalue weighted by Gasteiger charge is -2.47. The number of thiocarbonyl (C=S) groups is 1. The van der Waals surface area contributed by atoms with Crippen LogP contribution < -0.4 is 10.6 Å². The van der Waals surface area contributed by atoms with Crippen molar-refractivity contribution in [2.45, 2.75) is 44.9 Å². The number of hydrogen-bond acceptors (Lipinski definition) is 2. The first-order valence-electron chi connectivity index (χ1n) is 8.80. The average Bonchev–Trinajstić information content (AvgIpc) is 2.74. The van der Waals surface area contributed by atoms with Crippen LogP contribution in [0.3, 0.4) is 0 Å². The molecule has 1 aromatic rings. The van der Waals surface area contributed by atoms with E-state index in [1.54, 1.807) is 0 Å². The van der Waals surface area contributed by atoms with E-state index in [9.17, 15) is 4.79 Å². The van der Waals surface area contributed by atoms with Crippen LogP contribution in [0.15, 0.2) is 30.3 Å². The van der Waals surface area contributed by atoms with Gasteiger partial charge in [0.2, 0.25) is 5.91 Å². The van der Waals surface area contributed by atoms with Crippen molar-refractivity contribution >= 4 is 28.9 Å². The molecule has 1 aromatic carbocycles. The van der Waals surface area contributed by atoms with Crippen LogP contribution in [0.5, 0.6) is 0 Å². The number of rotatable bonds is 2. The average molecular weight is 328 g/mol. The lowest BCUT2D eigenvalue weighted by atomic mass is 9.58. The second kappa shape index (κ2) is 5.90. The van der Waals surface area contributed by atoms with E-state index >= 15 is 0 Å². The predicted molar refractivity (Wildman–Crippen MR) is 96.0 cm³/mol. The molecule has 2 unspecified atom stereocenters. The summed E-state index contributed by atoms with van der Waals surface area (Å²) in [4.78, 5) is 13.0. The third-order valence-corrected chi connectivity index (χ3v) is 6.30. The third kappa shape index (κ3) is 3.01. The molecule has 4 bridgehead atoms. The molecule has 0 aromatic heterocycles. The van der Waals surface area contributed by atoms with Gasteiger partial charge < -0.3 is 10.6 Å². The van der Waals surface area contributed by atoms with E-state index in [4.69, 9.17) is 12.2 Å². The first-order valence-corrected chi connectivity index (χ1v) is 9.21. The van der Waals surface area contributed by atoms with E-state index in [-0.39, 0.29) is 11.3 Å². The highest BCUT2D eigenvalue weighted by Gasteiger charge is 2.52. The minimum Gasteiger partial charge on any atom is -0.332 e. The summed E-state index contributed by atoms with van der Waals surface area (Å²) in [6.07, 6.45) is 8.54. The standard InChI is InChI=1S/C19H24N2OS/c22-17(21-18(23)20-16-4-2-1-3-5-16)19-10-13-6-7-14(11-19)9-15(8-13)12-19/h1-5,13-15H,6-12H2,(H2,20,21,22,23). The zero-order chi connectivity index (χ0) is 15.9. The number of carbonyl (C=O) groups is 1. The zero-order valence-corrected chi connectivity index (χ0v) is 14.2. The van der Waals surface area contributed by atoms with Gasteiger partial charge in [0.15, 0.2) is 5.11 Å². The van der Waals surface area contributed by atoms with Crippen LogP contribution in [0.2, 0.25) is 0 Å². The topological polar surface area (TPSA) is 41.1 Å². The monoisotopic (exact) mass is 328 g/mol. The molecule has 3 nitrogen and oxygen atoms in total. The second-order valence-corrected chi connectivity index (χ2v) is 8.22. The van der Waals surface area contributed by atoms with Crippen molar-refractivity contribution in [3.63, 3.8) is 0 Å². The summed E-state index contributed by atoms with van der Waals surface area (Å²) in [7, 11) is 0. The first kappa shape index (κ1) is 15.1. The Balaban J connectivity index is 1.45. The van der Waals surface area contributed by atoms with Gasteiger partial charge >= 0.3 is 0 Å². The van der Waals surface area contributed by atoms with Gasteiger partial charge in [-0.15, -0.1) is 0 Å². The van der Waals surface area contributed by atoms with E-state index in [0.29, 0.717) is 5.11 Å². The number of benzene rings is 1. The summed E-state index contributed by atoms with van der Waals surface area (Å²) in [5.41, 5.74) is 0.760. The van der Waals surface area contributed by atoms with Crippen LogP contribution in [0.1, 0.15) is 44.9 Å². The molecular formula is C19H24N2OS. The lowest BCUT2D eigenvalue weighted by Crippen LogP contribution is -2.50. The van der Waals surface area contributed by atoms with E-state index in [0.717, 1.165) is 42.7 Å². The van der Waals surface area contributed by atoms with E-state index in [2.05, 4.69) is 10.6 Å². The number of hydrogen-bond donors (Lipinski definition) is 2. The highest BCUT2D eigenvalue weighted by Crippen LogP contribution is 2.57. The predicted octanol–water partition coefficient (Wildman–Crippen LogP) is 4.11. The summed E-state index contributed by atoms with van der Waals surface area (Å²) in [6.45, 7) is 0. The second-order valence-electron chi connectivity index (χ2n) is 7.81. The van der Waals surface area contributed by atoms with Gasteiger partial charge in [-0.2, -0.15) is 0 Å². The van der Waals surface area contributed by atoms with Gasteiger partial charge in [-0.05, 0) is 74.2 Å². The molecule has 4 saturated carbocycles. The SMILES string of the molecule is O=C(NC(=S)Nc1ccccc1)C12CC3CCC(CC(C3)C1)C2. The highest BCUT2D eigenvalue weighted by atomic mass is 32.1. The van der Waals surface area contributed by atoms with Crippen LogP contribution >= 0.6 is 12.2 Å². The van der Waals surface area contributed by atoms with Gasteiger partial charge in [0, 0.05) is 5.69 Å². The van der Waals surface area contributed by atoms with Gasteiger partial charge in [0.25, 0.3) is 0 Å². The van der Waals surface area contributed by atoms with E-state index < -0.39 is 0 Å². The molecule has 5 rings (SSSR count). The number of amides is 1. The Labute approximate surface area is 143 Å². The van der Waals surface area contributed by atoms with Crippen molar-refractivity contribution in [2.75, 3.05) is 5.32 Å². The number of anilines is 1. The van der Waals surface area contributed by atoms with E-state index in [1.807, 2.05) is 30.3 Å². The molecule has 23 heavy (non-hydrogen) atoms. The Morgan fingerprint density at radius 2 is 1.61 bits per heavy atom. The van der Waals surface area contributed by atoms with Crippen LogP contribution in [0.25, 0.3) is 0 Å². The molecule has 0 heterocycles. The van der Waals surface area contributed by atoms with Crippen molar-refractivity contribution in [1.29, 1.82) is 0 Å². The lowest BCUT2D eigenvalue weighted by molar-refractivity contribution is -0.136. The Morgan fingerprint density at radius 1 is 1.00 bits per heavy atom. The maximum Gasteiger partial charge on any atom is 0.232 e. The minimum absolute atomic E-state index is 0.157. The molecule has 0 saturated heterocycles. The maximum absolute atomic E-state index is 13.0. The summed E-state index contributed by atoms with van der Waals surface area (Å²) in [5, 5.41) is 6.54. The van der Waals surface area contributed by atoms with Crippen LogP contribution in [0.4, 0.5) is 5.69 Å². The molecule has 0 spiro atoms. The third-order valence-electron chi connectivity index (χ3n) is 6.10. The fraction of sp³-hybridized carbons (Fsp3) is 0.579. The molecule has 2 N–H and O–H groups in total. The smallest absolute Gasteiger partial charge is 0.232 e. The summed E-state index contributed by atoms with van der Waals surface area (Å²) in [5.74, 6) is 2.42. The molecule has 2 atom stereocenters. The Bertz CT molecular complexity index is 599.